The molecule has 9 heteroatoms. The Morgan fingerprint density at radius 3 is 2.67 bits per heavy atom. The van der Waals surface area contributed by atoms with Crippen LogP contribution in [0.3, 0.4) is 0 Å². The van der Waals surface area contributed by atoms with Gasteiger partial charge in [0.25, 0.3) is 10.0 Å². The molecule has 1 aromatic heterocycles. The molecule has 0 N–H and O–H groups in total. The second kappa shape index (κ2) is 7.98. The second-order valence-corrected chi connectivity index (χ2v) is 8.82. The Bertz CT molecular complexity index is 819. The standard InChI is InChI=1S/C15H16ClNO5S2/c1-17(24(19,20)15-7-6-13(16)23-15)9-14(18)22-10-11-4-3-5-12(8-11)21-2/h3-8H,9-10H2,1-2H3. The molecule has 0 fully saturated rings. The minimum Gasteiger partial charge on any atom is -0.497 e. The van der Waals surface area contributed by atoms with Gasteiger partial charge in [0.2, 0.25) is 0 Å². The number of benzene rings is 1. The molecule has 0 aliphatic heterocycles. The number of sulfonamides is 1. The van der Waals surface area contributed by atoms with Gasteiger partial charge in [-0.15, -0.1) is 11.3 Å². The van der Waals surface area contributed by atoms with Crippen LogP contribution in [0, 0.1) is 0 Å². The predicted octanol–water partition coefficient (Wildman–Crippen LogP) is 2.77. The van der Waals surface area contributed by atoms with Crippen LogP contribution in [-0.4, -0.2) is 39.4 Å². The molecule has 1 aromatic carbocycles. The van der Waals surface area contributed by atoms with E-state index in [1.807, 2.05) is 0 Å². The van der Waals surface area contributed by atoms with Gasteiger partial charge in [-0.25, -0.2) is 8.42 Å². The number of thiophene rings is 1. The summed E-state index contributed by atoms with van der Waals surface area (Å²) in [5, 5.41) is 0. The summed E-state index contributed by atoms with van der Waals surface area (Å²) in [6.45, 7) is -0.351. The molecule has 0 amide bonds. The normalized spacial score (nSPS) is 11.5. The maximum atomic E-state index is 12.3. The summed E-state index contributed by atoms with van der Waals surface area (Å²) in [4.78, 5) is 11.9. The van der Waals surface area contributed by atoms with Crippen molar-refractivity contribution in [2.24, 2.45) is 0 Å². The first-order valence-corrected chi connectivity index (χ1v) is 9.46. The molecule has 0 saturated carbocycles. The third kappa shape index (κ3) is 4.70. The molecule has 130 valence electrons. The van der Waals surface area contributed by atoms with E-state index in [0.717, 1.165) is 21.2 Å². The summed E-state index contributed by atoms with van der Waals surface area (Å²) in [7, 11) is -0.902. The Balaban J connectivity index is 1.94. The van der Waals surface area contributed by atoms with Crippen LogP contribution >= 0.6 is 22.9 Å². The van der Waals surface area contributed by atoms with Crippen molar-refractivity contribution in [2.75, 3.05) is 20.7 Å². The number of esters is 1. The average molecular weight is 390 g/mol. The molecule has 0 bridgehead atoms. The lowest BCUT2D eigenvalue weighted by Gasteiger charge is -2.15. The van der Waals surface area contributed by atoms with Gasteiger partial charge in [-0.2, -0.15) is 4.31 Å². The van der Waals surface area contributed by atoms with Crippen molar-refractivity contribution in [3.05, 3.63) is 46.3 Å². The van der Waals surface area contributed by atoms with E-state index in [1.165, 1.54) is 19.2 Å². The van der Waals surface area contributed by atoms with Crippen molar-refractivity contribution in [1.82, 2.24) is 4.31 Å². The highest BCUT2D eigenvalue weighted by molar-refractivity contribution is 7.91. The van der Waals surface area contributed by atoms with E-state index in [-0.39, 0.29) is 17.4 Å². The molecule has 0 unspecified atom stereocenters. The summed E-state index contributed by atoms with van der Waals surface area (Å²) in [6.07, 6.45) is 0. The van der Waals surface area contributed by atoms with Gasteiger partial charge in [0.05, 0.1) is 11.4 Å². The third-order valence-electron chi connectivity index (χ3n) is 3.10. The smallest absolute Gasteiger partial charge is 0.321 e. The zero-order valence-electron chi connectivity index (χ0n) is 13.1. The fraction of sp³-hybridized carbons (Fsp3) is 0.267. The molecule has 6 nitrogen and oxygen atoms in total. The Hall–Kier alpha value is -1.61. The highest BCUT2D eigenvalue weighted by Gasteiger charge is 2.25. The molecule has 2 aromatic rings. The zero-order valence-corrected chi connectivity index (χ0v) is 15.5. The molecule has 1 heterocycles. The SMILES string of the molecule is COc1cccc(COC(=O)CN(C)S(=O)(=O)c2ccc(Cl)s2)c1. The number of hydrogen-bond acceptors (Lipinski definition) is 6. The molecular formula is C15H16ClNO5S2. The molecule has 0 spiro atoms. The summed E-state index contributed by atoms with van der Waals surface area (Å²) in [6, 6.07) is 9.97. The Kier molecular flexibility index (Phi) is 6.22. The number of carbonyl (C=O) groups is 1. The highest BCUT2D eigenvalue weighted by Crippen LogP contribution is 2.27. The summed E-state index contributed by atoms with van der Waals surface area (Å²) >= 11 is 6.69. The first-order valence-electron chi connectivity index (χ1n) is 6.83. The lowest BCUT2D eigenvalue weighted by Crippen LogP contribution is -2.32. The summed E-state index contributed by atoms with van der Waals surface area (Å²) in [5.74, 6) is 0.00404. The van der Waals surface area contributed by atoms with Gasteiger partial charge >= 0.3 is 5.97 Å². The van der Waals surface area contributed by atoms with Gasteiger partial charge in [-0.3, -0.25) is 4.79 Å². The average Bonchev–Trinajstić information content (AvgIpc) is 3.00. The molecule has 0 aliphatic rings. The molecule has 2 rings (SSSR count). The number of hydrogen-bond donors (Lipinski definition) is 0. The van der Waals surface area contributed by atoms with E-state index < -0.39 is 16.0 Å². The van der Waals surface area contributed by atoms with E-state index in [0.29, 0.717) is 10.1 Å². The fourth-order valence-corrected chi connectivity index (χ4v) is 4.64. The number of likely N-dealkylation sites (N-methyl/N-ethyl adjacent to an activating group) is 1. The van der Waals surface area contributed by atoms with Gasteiger partial charge in [-0.1, -0.05) is 23.7 Å². The Morgan fingerprint density at radius 2 is 2.04 bits per heavy atom. The van der Waals surface area contributed by atoms with Crippen LogP contribution in [0.1, 0.15) is 5.56 Å². The van der Waals surface area contributed by atoms with Crippen LogP contribution in [0.2, 0.25) is 4.34 Å². The molecule has 0 radical (unpaired) electrons. The van der Waals surface area contributed by atoms with Gasteiger partial charge in [0, 0.05) is 7.05 Å². The van der Waals surface area contributed by atoms with E-state index in [2.05, 4.69) is 0 Å². The number of nitrogens with zero attached hydrogens (tertiary/aromatic N) is 1. The van der Waals surface area contributed by atoms with E-state index in [9.17, 15) is 13.2 Å². The highest BCUT2D eigenvalue weighted by atomic mass is 35.5. The Labute approximate surface area is 149 Å². The van der Waals surface area contributed by atoms with Gasteiger partial charge in [0.15, 0.2) is 0 Å². The number of ether oxygens (including phenoxy) is 2. The van der Waals surface area contributed by atoms with Crippen LogP contribution in [0.5, 0.6) is 5.75 Å². The van der Waals surface area contributed by atoms with Gasteiger partial charge < -0.3 is 9.47 Å². The number of rotatable bonds is 7. The lowest BCUT2D eigenvalue weighted by atomic mass is 10.2. The quantitative estimate of drug-likeness (QED) is 0.681. The molecule has 0 aliphatic carbocycles. The first-order chi connectivity index (χ1) is 11.3. The summed E-state index contributed by atoms with van der Waals surface area (Å²) in [5.41, 5.74) is 0.748. The monoisotopic (exact) mass is 389 g/mol. The minimum absolute atomic E-state index is 0.0365. The number of methoxy groups -OCH3 is 1. The van der Waals surface area contributed by atoms with Crippen LogP contribution in [0.4, 0.5) is 0 Å². The topological polar surface area (TPSA) is 72.9 Å². The predicted molar refractivity (Wildman–Crippen MR) is 91.9 cm³/mol. The van der Waals surface area contributed by atoms with Crippen LogP contribution in [0.25, 0.3) is 0 Å². The van der Waals surface area contributed by atoms with Crippen LogP contribution in [0.15, 0.2) is 40.6 Å². The van der Waals surface area contributed by atoms with Gasteiger partial charge in [0.1, 0.15) is 23.1 Å². The maximum Gasteiger partial charge on any atom is 0.321 e. The van der Waals surface area contributed by atoms with E-state index in [4.69, 9.17) is 21.1 Å². The number of halogens is 1. The van der Waals surface area contributed by atoms with Crippen molar-refractivity contribution in [3.8, 4) is 5.75 Å². The third-order valence-corrected chi connectivity index (χ3v) is 6.60. The van der Waals surface area contributed by atoms with Crippen molar-refractivity contribution in [1.29, 1.82) is 0 Å². The van der Waals surface area contributed by atoms with Crippen molar-refractivity contribution < 1.29 is 22.7 Å². The van der Waals surface area contributed by atoms with Crippen molar-refractivity contribution in [2.45, 2.75) is 10.8 Å². The molecular weight excluding hydrogens is 374 g/mol. The Morgan fingerprint density at radius 1 is 1.29 bits per heavy atom. The van der Waals surface area contributed by atoms with Crippen molar-refractivity contribution in [3.63, 3.8) is 0 Å². The van der Waals surface area contributed by atoms with E-state index >= 15 is 0 Å². The largest absolute Gasteiger partial charge is 0.497 e. The van der Waals surface area contributed by atoms with Crippen LogP contribution in [-0.2, 0) is 26.2 Å². The molecule has 0 saturated heterocycles. The van der Waals surface area contributed by atoms with E-state index in [1.54, 1.807) is 31.4 Å². The van der Waals surface area contributed by atoms with Crippen LogP contribution < -0.4 is 4.74 Å². The summed E-state index contributed by atoms with van der Waals surface area (Å²) < 4.78 is 36.2. The lowest BCUT2D eigenvalue weighted by molar-refractivity contribution is -0.144. The minimum atomic E-state index is -3.76. The zero-order chi connectivity index (χ0) is 17.7. The molecule has 24 heavy (non-hydrogen) atoms. The van der Waals surface area contributed by atoms with Crippen molar-refractivity contribution >= 4 is 38.9 Å². The maximum absolute atomic E-state index is 12.3. The second-order valence-electron chi connectivity index (χ2n) is 4.83. The number of carbonyl (C=O) groups excluding carboxylic acids is 1. The van der Waals surface area contributed by atoms with Gasteiger partial charge in [-0.05, 0) is 29.8 Å². The fourth-order valence-electron chi connectivity index (χ4n) is 1.83. The molecule has 0 atom stereocenters. The first kappa shape index (κ1) is 18.7.